The maximum Gasteiger partial charge on any atom is 0.306 e. The first-order valence-electron chi connectivity index (χ1n) is 25.8. The van der Waals surface area contributed by atoms with Crippen molar-refractivity contribution in [2.24, 2.45) is 0 Å². The molecule has 0 fully saturated rings. The van der Waals surface area contributed by atoms with Gasteiger partial charge in [-0.15, -0.1) is 0 Å². The van der Waals surface area contributed by atoms with E-state index < -0.39 is 6.10 Å². The second kappa shape index (κ2) is 49.8. The highest BCUT2D eigenvalue weighted by Gasteiger charge is 2.19. The van der Waals surface area contributed by atoms with Crippen LogP contribution >= 0.6 is 0 Å². The molecule has 0 saturated heterocycles. The second-order valence-electron chi connectivity index (χ2n) is 17.1. The fourth-order valence-electron chi connectivity index (χ4n) is 7.11. The Balaban J connectivity index is 4.42. The molecule has 6 heteroatoms. The molecule has 0 heterocycles. The molecule has 0 N–H and O–H groups in total. The van der Waals surface area contributed by atoms with Gasteiger partial charge >= 0.3 is 17.9 Å². The van der Waals surface area contributed by atoms with E-state index in [-0.39, 0.29) is 31.1 Å². The first-order chi connectivity index (χ1) is 30.0. The molecule has 61 heavy (non-hydrogen) atoms. The summed E-state index contributed by atoms with van der Waals surface area (Å²) in [6.45, 7) is 6.47. The molecule has 352 valence electrons. The van der Waals surface area contributed by atoms with Gasteiger partial charge in [0.2, 0.25) is 0 Å². The SMILES string of the molecule is CC/C=C\C/C=C\CCCCCCCCCC(=O)OC(COC(=O)CCCCC/C=C\CCCCCCCCC)COC(=O)CCCCCCCC/C=C\C=C/CCCCC. The van der Waals surface area contributed by atoms with Crippen LogP contribution in [-0.4, -0.2) is 37.2 Å². The van der Waals surface area contributed by atoms with Crippen LogP contribution in [0.3, 0.4) is 0 Å². The van der Waals surface area contributed by atoms with Gasteiger partial charge < -0.3 is 14.2 Å². The maximum absolute atomic E-state index is 12.8. The Bertz CT molecular complexity index is 1120. The van der Waals surface area contributed by atoms with Crippen LogP contribution in [-0.2, 0) is 28.6 Å². The lowest BCUT2D eigenvalue weighted by molar-refractivity contribution is -0.167. The van der Waals surface area contributed by atoms with E-state index in [0.29, 0.717) is 19.3 Å². The van der Waals surface area contributed by atoms with Gasteiger partial charge in [0.1, 0.15) is 13.2 Å². The largest absolute Gasteiger partial charge is 0.462 e. The normalized spacial score (nSPS) is 12.5. The lowest BCUT2D eigenvalue weighted by Gasteiger charge is -2.18. The molecule has 0 aliphatic heterocycles. The first kappa shape index (κ1) is 58.1. The maximum atomic E-state index is 12.8. The summed E-state index contributed by atoms with van der Waals surface area (Å²) in [5, 5.41) is 0. The fraction of sp³-hybridized carbons (Fsp3) is 0.764. The predicted molar refractivity (Wildman–Crippen MR) is 261 cm³/mol. The highest BCUT2D eigenvalue weighted by atomic mass is 16.6. The quantitative estimate of drug-likeness (QED) is 0.0200. The summed E-state index contributed by atoms with van der Waals surface area (Å²) in [6, 6.07) is 0. The van der Waals surface area contributed by atoms with Gasteiger partial charge in [-0.3, -0.25) is 14.4 Å². The standard InChI is InChI=1S/C55H96O6/c1-4-7-10-13-16-19-22-25-28-31-33-36-39-42-45-48-54(57)60-51-52(61-55(58)49-46-43-40-37-34-30-27-24-21-18-15-12-9-6-3)50-59-53(56)47-44-41-38-35-32-29-26-23-20-17-14-11-8-5-2/h9,12,16,18-19,21-22,25,29,32,52H,4-8,10-11,13-15,17,20,23-24,26-28,30-31,33-51H2,1-3H3/b12-9-,19-16-,21-18-,25-22-,32-29-. The van der Waals surface area contributed by atoms with Crippen LogP contribution in [0.15, 0.2) is 60.8 Å². The lowest BCUT2D eigenvalue weighted by atomic mass is 10.1. The van der Waals surface area contributed by atoms with Crippen LogP contribution in [0.1, 0.15) is 252 Å². The number of unbranched alkanes of at least 4 members (excludes halogenated alkanes) is 26. The summed E-state index contributed by atoms with van der Waals surface area (Å²) in [5.74, 6) is -0.920. The molecule has 0 rings (SSSR count). The number of carbonyl (C=O) groups excluding carboxylic acids is 3. The first-order valence-corrected chi connectivity index (χ1v) is 25.8. The zero-order valence-electron chi connectivity index (χ0n) is 40.2. The number of carbonyl (C=O) groups is 3. The third-order valence-electron chi connectivity index (χ3n) is 11.0. The van der Waals surface area contributed by atoms with Crippen molar-refractivity contribution in [1.29, 1.82) is 0 Å². The molecule has 1 atom stereocenters. The number of esters is 3. The number of ether oxygens (including phenoxy) is 3. The molecule has 0 bridgehead atoms. The molecule has 0 amide bonds. The molecule has 0 aromatic carbocycles. The van der Waals surface area contributed by atoms with E-state index in [1.807, 2.05) is 0 Å². The minimum atomic E-state index is -0.788. The van der Waals surface area contributed by atoms with Gasteiger partial charge in [-0.1, -0.05) is 197 Å². The summed E-state index contributed by atoms with van der Waals surface area (Å²) >= 11 is 0. The van der Waals surface area contributed by atoms with Crippen molar-refractivity contribution < 1.29 is 28.6 Å². The van der Waals surface area contributed by atoms with Crippen LogP contribution in [0, 0.1) is 0 Å². The van der Waals surface area contributed by atoms with E-state index in [1.54, 1.807) is 0 Å². The fourth-order valence-corrected chi connectivity index (χ4v) is 7.11. The van der Waals surface area contributed by atoms with E-state index in [4.69, 9.17) is 14.2 Å². The average Bonchev–Trinajstić information content (AvgIpc) is 3.26. The molecular weight excluding hydrogens is 757 g/mol. The Kier molecular flexibility index (Phi) is 47.4. The molecule has 0 aromatic heterocycles. The molecule has 0 radical (unpaired) electrons. The molecule has 1 unspecified atom stereocenters. The topological polar surface area (TPSA) is 78.9 Å². The molecule has 0 saturated carbocycles. The van der Waals surface area contributed by atoms with Gasteiger partial charge in [0.05, 0.1) is 0 Å². The van der Waals surface area contributed by atoms with Crippen molar-refractivity contribution in [3.63, 3.8) is 0 Å². The third kappa shape index (κ3) is 48.0. The van der Waals surface area contributed by atoms with E-state index in [0.717, 1.165) is 96.3 Å². The smallest absolute Gasteiger partial charge is 0.306 e. The van der Waals surface area contributed by atoms with Crippen molar-refractivity contribution in [3.8, 4) is 0 Å². The minimum absolute atomic E-state index is 0.0882. The van der Waals surface area contributed by atoms with Gasteiger partial charge in [0.15, 0.2) is 6.10 Å². The van der Waals surface area contributed by atoms with Gasteiger partial charge in [-0.25, -0.2) is 0 Å². The monoisotopic (exact) mass is 853 g/mol. The molecule has 0 aliphatic rings. The van der Waals surface area contributed by atoms with Gasteiger partial charge in [-0.2, -0.15) is 0 Å². The van der Waals surface area contributed by atoms with E-state index in [9.17, 15) is 14.4 Å². The summed E-state index contributed by atoms with van der Waals surface area (Å²) in [6.07, 6.45) is 60.6. The number of rotatable bonds is 46. The molecule has 6 nitrogen and oxygen atoms in total. The summed E-state index contributed by atoms with van der Waals surface area (Å²) < 4.78 is 16.8. The van der Waals surface area contributed by atoms with Crippen molar-refractivity contribution >= 4 is 17.9 Å². The zero-order valence-corrected chi connectivity index (χ0v) is 40.2. The van der Waals surface area contributed by atoms with Crippen LogP contribution in [0.25, 0.3) is 0 Å². The highest BCUT2D eigenvalue weighted by Crippen LogP contribution is 2.14. The van der Waals surface area contributed by atoms with Crippen molar-refractivity contribution in [3.05, 3.63) is 60.8 Å². The number of hydrogen-bond acceptors (Lipinski definition) is 6. The van der Waals surface area contributed by atoms with Gasteiger partial charge in [0.25, 0.3) is 0 Å². The van der Waals surface area contributed by atoms with Gasteiger partial charge in [-0.05, 0) is 96.3 Å². The van der Waals surface area contributed by atoms with Crippen molar-refractivity contribution in [2.45, 2.75) is 258 Å². The zero-order chi connectivity index (χ0) is 44.4. The van der Waals surface area contributed by atoms with E-state index >= 15 is 0 Å². The number of hydrogen-bond donors (Lipinski definition) is 0. The summed E-state index contributed by atoms with van der Waals surface area (Å²) in [4.78, 5) is 38.0. The highest BCUT2D eigenvalue weighted by molar-refractivity contribution is 5.71. The van der Waals surface area contributed by atoms with Gasteiger partial charge in [0, 0.05) is 19.3 Å². The molecule has 0 spiro atoms. The van der Waals surface area contributed by atoms with Crippen LogP contribution < -0.4 is 0 Å². The Hall–Kier alpha value is -2.89. The summed E-state index contributed by atoms with van der Waals surface area (Å²) in [7, 11) is 0. The predicted octanol–water partition coefficient (Wildman–Crippen LogP) is 16.9. The van der Waals surface area contributed by atoms with Crippen LogP contribution in [0.4, 0.5) is 0 Å². The van der Waals surface area contributed by atoms with E-state index in [1.165, 1.54) is 116 Å². The molecule has 0 aliphatic carbocycles. The average molecular weight is 853 g/mol. The van der Waals surface area contributed by atoms with E-state index in [2.05, 4.69) is 81.5 Å². The van der Waals surface area contributed by atoms with Crippen LogP contribution in [0.5, 0.6) is 0 Å². The van der Waals surface area contributed by atoms with Crippen LogP contribution in [0.2, 0.25) is 0 Å². The Morgan fingerprint density at radius 1 is 0.361 bits per heavy atom. The lowest BCUT2D eigenvalue weighted by Crippen LogP contribution is -2.30. The minimum Gasteiger partial charge on any atom is -0.462 e. The Morgan fingerprint density at radius 3 is 1.15 bits per heavy atom. The van der Waals surface area contributed by atoms with Crippen molar-refractivity contribution in [1.82, 2.24) is 0 Å². The Morgan fingerprint density at radius 2 is 0.689 bits per heavy atom. The summed E-state index contributed by atoms with van der Waals surface area (Å²) in [5.41, 5.74) is 0. The second-order valence-corrected chi connectivity index (χ2v) is 17.1. The third-order valence-corrected chi connectivity index (χ3v) is 11.0. The van der Waals surface area contributed by atoms with Crippen molar-refractivity contribution in [2.75, 3.05) is 13.2 Å². The number of allylic oxidation sites excluding steroid dienone is 10. The molecular formula is C55H96O6. The Labute approximate surface area is 377 Å². The molecule has 0 aromatic rings.